The number of hydrogen-bond acceptors (Lipinski definition) is 2. The van der Waals surface area contributed by atoms with Gasteiger partial charge in [0.2, 0.25) is 5.91 Å². The number of rotatable bonds is 0. The molecule has 0 spiro atoms. The molecule has 6 heavy (non-hydrogen) atoms. The van der Waals surface area contributed by atoms with E-state index in [1.165, 1.54) is 6.92 Å². The standard InChI is InChI=1S/C2H5BrN2O/c1-2(6)5(3)4/h4H2,1H3. The molecule has 0 fully saturated rings. The molecule has 0 unspecified atom stereocenters. The summed E-state index contributed by atoms with van der Waals surface area (Å²) in [6.45, 7) is 1.36. The number of hydrazine groups is 1. The van der Waals surface area contributed by atoms with Crippen molar-refractivity contribution in [3.8, 4) is 0 Å². The number of nitrogens with zero attached hydrogens (tertiary/aromatic N) is 1. The molecular formula is C2H5BrN2O. The summed E-state index contributed by atoms with van der Waals surface area (Å²) in [5.74, 6) is 4.62. The van der Waals surface area contributed by atoms with Crippen LogP contribution < -0.4 is 5.84 Å². The van der Waals surface area contributed by atoms with Gasteiger partial charge in [-0.1, -0.05) is 0 Å². The van der Waals surface area contributed by atoms with E-state index in [9.17, 15) is 4.79 Å². The second kappa shape index (κ2) is 2.15. The SMILES string of the molecule is CC(=O)N(N)Br. The third-order valence-corrected chi connectivity index (χ3v) is 0.800. The van der Waals surface area contributed by atoms with E-state index in [2.05, 4.69) is 16.1 Å². The Kier molecular flexibility index (Phi) is 2.12. The van der Waals surface area contributed by atoms with Crippen LogP contribution in [-0.2, 0) is 4.79 Å². The van der Waals surface area contributed by atoms with Gasteiger partial charge in [-0.25, -0.2) is 9.88 Å². The van der Waals surface area contributed by atoms with Crippen LogP contribution in [0.15, 0.2) is 0 Å². The van der Waals surface area contributed by atoms with Gasteiger partial charge in [0.05, 0.1) is 16.1 Å². The van der Waals surface area contributed by atoms with Crippen LogP contribution in [0.3, 0.4) is 0 Å². The van der Waals surface area contributed by atoms with Gasteiger partial charge in [0.25, 0.3) is 0 Å². The van der Waals surface area contributed by atoms with Crippen molar-refractivity contribution in [2.24, 2.45) is 5.84 Å². The second-order valence-corrected chi connectivity index (χ2v) is 1.59. The quantitative estimate of drug-likeness (QED) is 0.231. The van der Waals surface area contributed by atoms with Crippen molar-refractivity contribution in [1.82, 2.24) is 4.03 Å². The number of hydrogen-bond donors (Lipinski definition) is 1. The smallest absolute Gasteiger partial charge is 0.243 e. The predicted molar refractivity (Wildman–Crippen MR) is 25.6 cm³/mol. The topological polar surface area (TPSA) is 46.3 Å². The largest absolute Gasteiger partial charge is 0.273 e. The van der Waals surface area contributed by atoms with Crippen LogP contribution in [0.4, 0.5) is 0 Å². The zero-order valence-electron chi connectivity index (χ0n) is 3.31. The Morgan fingerprint density at radius 3 is 2.17 bits per heavy atom. The Labute approximate surface area is 44.4 Å². The summed E-state index contributed by atoms with van der Waals surface area (Å²) in [7, 11) is 0. The third kappa shape index (κ3) is 2.17. The number of halogens is 1. The van der Waals surface area contributed by atoms with Gasteiger partial charge in [-0.05, 0) is 0 Å². The van der Waals surface area contributed by atoms with Gasteiger partial charge in [-0.15, -0.1) is 0 Å². The lowest BCUT2D eigenvalue weighted by Crippen LogP contribution is -2.23. The van der Waals surface area contributed by atoms with E-state index < -0.39 is 0 Å². The highest BCUT2D eigenvalue weighted by atomic mass is 79.9. The fraction of sp³-hybridized carbons (Fsp3) is 0.500. The minimum Gasteiger partial charge on any atom is -0.273 e. The van der Waals surface area contributed by atoms with Gasteiger partial charge in [0, 0.05) is 6.92 Å². The zero-order valence-corrected chi connectivity index (χ0v) is 4.90. The average Bonchev–Trinajstić information content (AvgIpc) is 1.36. The molecule has 4 heteroatoms. The Balaban J connectivity index is 3.26. The molecule has 36 valence electrons. The fourth-order valence-corrected chi connectivity index (χ4v) is 0. The molecule has 1 amide bonds. The van der Waals surface area contributed by atoms with E-state index >= 15 is 0 Å². The summed E-state index contributed by atoms with van der Waals surface area (Å²) in [6.07, 6.45) is 0. The van der Waals surface area contributed by atoms with Gasteiger partial charge in [-0.2, -0.15) is 0 Å². The monoisotopic (exact) mass is 152 g/mol. The molecule has 0 aromatic rings. The summed E-state index contributed by atoms with van der Waals surface area (Å²) >= 11 is 2.70. The lowest BCUT2D eigenvalue weighted by atomic mass is 10.8. The first-order chi connectivity index (χ1) is 2.64. The first-order valence-electron chi connectivity index (χ1n) is 1.35. The van der Waals surface area contributed by atoms with E-state index in [1.54, 1.807) is 0 Å². The first kappa shape index (κ1) is 5.91. The van der Waals surface area contributed by atoms with E-state index in [0.29, 0.717) is 0 Å². The van der Waals surface area contributed by atoms with Crippen LogP contribution in [0.2, 0.25) is 0 Å². The van der Waals surface area contributed by atoms with Crippen LogP contribution in [0, 0.1) is 0 Å². The summed E-state index contributed by atoms with van der Waals surface area (Å²) in [5.41, 5.74) is 0. The molecule has 0 heterocycles. The Morgan fingerprint density at radius 2 is 2.17 bits per heavy atom. The highest BCUT2D eigenvalue weighted by molar-refractivity contribution is 9.07. The molecular weight excluding hydrogens is 148 g/mol. The number of carbonyl (C=O) groups excluding carboxylic acids is 1. The molecule has 0 bridgehead atoms. The predicted octanol–water partition coefficient (Wildman–Crippen LogP) is 0.0185. The Bertz CT molecular complexity index is 62.6. The van der Waals surface area contributed by atoms with E-state index in [4.69, 9.17) is 5.84 Å². The minimum atomic E-state index is -0.213. The fourth-order valence-electron chi connectivity index (χ4n) is 0. The maximum Gasteiger partial charge on any atom is 0.243 e. The molecule has 0 atom stereocenters. The molecule has 3 nitrogen and oxygen atoms in total. The lowest BCUT2D eigenvalue weighted by molar-refractivity contribution is -0.123. The summed E-state index contributed by atoms with van der Waals surface area (Å²) in [6, 6.07) is 0. The highest BCUT2D eigenvalue weighted by Crippen LogP contribution is 1.84. The summed E-state index contributed by atoms with van der Waals surface area (Å²) < 4.78 is 0.840. The van der Waals surface area contributed by atoms with Gasteiger partial charge < -0.3 is 0 Å². The van der Waals surface area contributed by atoms with Gasteiger partial charge in [0.15, 0.2) is 0 Å². The molecule has 0 aliphatic heterocycles. The lowest BCUT2D eigenvalue weighted by Gasteiger charge is -1.98. The van der Waals surface area contributed by atoms with Crippen molar-refractivity contribution in [1.29, 1.82) is 0 Å². The first-order valence-corrected chi connectivity index (χ1v) is 2.06. The van der Waals surface area contributed by atoms with Crippen LogP contribution in [0.5, 0.6) is 0 Å². The molecule has 0 aromatic carbocycles. The van der Waals surface area contributed by atoms with E-state index in [-0.39, 0.29) is 5.91 Å². The van der Waals surface area contributed by atoms with Gasteiger partial charge in [-0.3, -0.25) is 4.79 Å². The molecule has 0 aliphatic rings. The molecule has 0 aliphatic carbocycles. The van der Waals surface area contributed by atoms with Crippen molar-refractivity contribution in [2.75, 3.05) is 0 Å². The van der Waals surface area contributed by atoms with Crippen LogP contribution in [0.1, 0.15) is 6.92 Å². The van der Waals surface area contributed by atoms with E-state index in [0.717, 1.165) is 4.03 Å². The van der Waals surface area contributed by atoms with Crippen molar-refractivity contribution in [3.05, 3.63) is 0 Å². The maximum absolute atomic E-state index is 9.90. The zero-order chi connectivity index (χ0) is 5.15. The van der Waals surface area contributed by atoms with Crippen molar-refractivity contribution >= 4 is 22.1 Å². The summed E-state index contributed by atoms with van der Waals surface area (Å²) in [5, 5.41) is 0. The van der Waals surface area contributed by atoms with Crippen molar-refractivity contribution < 1.29 is 4.79 Å². The second-order valence-electron chi connectivity index (χ2n) is 0.830. The van der Waals surface area contributed by atoms with Crippen molar-refractivity contribution in [2.45, 2.75) is 6.92 Å². The Hall–Kier alpha value is -0.0900. The van der Waals surface area contributed by atoms with Gasteiger partial charge >= 0.3 is 0 Å². The molecule has 0 saturated carbocycles. The van der Waals surface area contributed by atoms with Crippen LogP contribution in [0.25, 0.3) is 0 Å². The normalized spacial score (nSPS) is 7.83. The van der Waals surface area contributed by atoms with Crippen LogP contribution >= 0.6 is 16.1 Å². The minimum absolute atomic E-state index is 0.213. The third-order valence-electron chi connectivity index (χ3n) is 0.301. The number of amides is 1. The number of carbonyl (C=O) groups is 1. The highest BCUT2D eigenvalue weighted by Gasteiger charge is 1.91. The molecule has 0 saturated heterocycles. The van der Waals surface area contributed by atoms with E-state index in [1.807, 2.05) is 0 Å². The Morgan fingerprint density at radius 1 is 2.00 bits per heavy atom. The summed E-state index contributed by atoms with van der Waals surface area (Å²) in [4.78, 5) is 9.90. The molecule has 2 N–H and O–H groups in total. The van der Waals surface area contributed by atoms with Crippen molar-refractivity contribution in [3.63, 3.8) is 0 Å². The molecule has 0 aromatic heterocycles. The molecule has 0 rings (SSSR count). The maximum atomic E-state index is 9.90. The molecule has 0 radical (unpaired) electrons. The van der Waals surface area contributed by atoms with Crippen LogP contribution in [-0.4, -0.2) is 9.94 Å². The van der Waals surface area contributed by atoms with Gasteiger partial charge in [0.1, 0.15) is 0 Å². The number of nitrogens with two attached hydrogens (primary N) is 1. The average molecular weight is 153 g/mol.